The topological polar surface area (TPSA) is 112 Å². The predicted octanol–water partition coefficient (Wildman–Crippen LogP) is 2.03. The summed E-state index contributed by atoms with van der Waals surface area (Å²) in [4.78, 5) is 31.3. The Bertz CT molecular complexity index is 299. The van der Waals surface area contributed by atoms with Crippen molar-refractivity contribution in [3.8, 4) is 0 Å². The number of thioether (sulfide) groups is 2. The maximum absolute atomic E-state index is 10.6. The number of hydrogen-bond donors (Lipinski definition) is 3. The van der Waals surface area contributed by atoms with Crippen LogP contribution in [0.15, 0.2) is 0 Å². The minimum atomic E-state index is -0.872. The van der Waals surface area contributed by atoms with Crippen LogP contribution in [-0.4, -0.2) is 55.7 Å². The molecule has 3 N–H and O–H groups in total. The molecule has 0 aromatic heterocycles. The van der Waals surface area contributed by atoms with Crippen LogP contribution in [0.25, 0.3) is 0 Å². The van der Waals surface area contributed by atoms with Gasteiger partial charge in [0.05, 0.1) is 11.5 Å². The molecule has 0 spiro atoms. The molecule has 8 heteroatoms. The lowest BCUT2D eigenvalue weighted by molar-refractivity contribution is -0.137. The number of hydrogen-bond acceptors (Lipinski definition) is 5. The molecule has 0 aromatic rings. The first-order chi connectivity index (χ1) is 9.41. The van der Waals surface area contributed by atoms with Gasteiger partial charge in [0.15, 0.2) is 0 Å². The van der Waals surface area contributed by atoms with Crippen LogP contribution in [0.4, 0.5) is 0 Å². The van der Waals surface area contributed by atoms with E-state index in [1.807, 2.05) is 0 Å². The fraction of sp³-hybridized carbons (Fsp3) is 0.750. The Morgan fingerprint density at radius 2 is 1.50 bits per heavy atom. The van der Waals surface area contributed by atoms with E-state index >= 15 is 0 Å². The van der Waals surface area contributed by atoms with E-state index in [9.17, 15) is 14.4 Å². The molecule has 0 rings (SSSR count). The quantitative estimate of drug-likeness (QED) is 0.441. The lowest BCUT2D eigenvalue weighted by Crippen LogP contribution is -2.10. The van der Waals surface area contributed by atoms with Crippen LogP contribution in [0.3, 0.4) is 0 Å². The van der Waals surface area contributed by atoms with E-state index in [0.717, 1.165) is 19.3 Å². The van der Waals surface area contributed by atoms with E-state index in [2.05, 4.69) is 0 Å². The van der Waals surface area contributed by atoms with Crippen molar-refractivity contribution in [3.05, 3.63) is 0 Å². The molecule has 0 fully saturated rings. The molecule has 1 unspecified atom stereocenters. The van der Waals surface area contributed by atoms with E-state index in [4.69, 9.17) is 15.3 Å². The smallest absolute Gasteiger partial charge is 0.313 e. The summed E-state index contributed by atoms with van der Waals surface area (Å²) in [7, 11) is 0. The number of carbonyl (C=O) groups is 3. The van der Waals surface area contributed by atoms with E-state index < -0.39 is 17.9 Å². The summed E-state index contributed by atoms with van der Waals surface area (Å²) in [5, 5.41) is 25.9. The molecule has 0 aliphatic carbocycles. The molecular weight excluding hydrogens is 304 g/mol. The number of aliphatic carboxylic acids is 3. The molecule has 0 amide bonds. The van der Waals surface area contributed by atoms with Crippen molar-refractivity contribution in [2.24, 2.45) is 0 Å². The molecular formula is C12H20O6S2. The Balaban J connectivity index is 3.90. The summed E-state index contributed by atoms with van der Waals surface area (Å²) in [6.45, 7) is 0. The molecule has 0 saturated carbocycles. The molecule has 0 bridgehead atoms. The van der Waals surface area contributed by atoms with Crippen LogP contribution in [0.1, 0.15) is 32.1 Å². The van der Waals surface area contributed by atoms with Crippen LogP contribution in [0.2, 0.25) is 0 Å². The third-order valence-corrected chi connectivity index (χ3v) is 4.75. The number of rotatable bonds is 13. The Labute approximate surface area is 126 Å². The second-order valence-corrected chi connectivity index (χ2v) is 6.60. The molecule has 0 radical (unpaired) electrons. The predicted molar refractivity (Wildman–Crippen MR) is 79.6 cm³/mol. The molecule has 20 heavy (non-hydrogen) atoms. The lowest BCUT2D eigenvalue weighted by Gasteiger charge is -2.15. The Morgan fingerprint density at radius 1 is 0.850 bits per heavy atom. The van der Waals surface area contributed by atoms with Crippen LogP contribution < -0.4 is 0 Å². The highest BCUT2D eigenvalue weighted by Gasteiger charge is 2.12. The highest BCUT2D eigenvalue weighted by atomic mass is 32.2. The van der Waals surface area contributed by atoms with Crippen molar-refractivity contribution < 1.29 is 29.7 Å². The first-order valence-electron chi connectivity index (χ1n) is 6.26. The molecule has 0 aliphatic rings. The average Bonchev–Trinajstić information content (AvgIpc) is 2.34. The van der Waals surface area contributed by atoms with Crippen molar-refractivity contribution in [2.45, 2.75) is 37.4 Å². The number of carboxylic acid groups (broad SMARTS) is 3. The van der Waals surface area contributed by atoms with Crippen molar-refractivity contribution in [1.82, 2.24) is 0 Å². The lowest BCUT2D eigenvalue weighted by atomic mass is 10.1. The zero-order valence-electron chi connectivity index (χ0n) is 11.1. The molecule has 1 atom stereocenters. The fourth-order valence-electron chi connectivity index (χ4n) is 1.52. The zero-order chi connectivity index (χ0) is 15.4. The Kier molecular flexibility index (Phi) is 11.4. The minimum absolute atomic E-state index is 0.0210. The molecule has 0 aliphatic heterocycles. The fourth-order valence-corrected chi connectivity index (χ4v) is 3.44. The van der Waals surface area contributed by atoms with Gasteiger partial charge in [0.2, 0.25) is 0 Å². The highest BCUT2D eigenvalue weighted by molar-refractivity contribution is 8.01. The zero-order valence-corrected chi connectivity index (χ0v) is 12.8. The Hall–Kier alpha value is -0.890. The second kappa shape index (κ2) is 11.9. The summed E-state index contributed by atoms with van der Waals surface area (Å²) < 4.78 is 0. The van der Waals surface area contributed by atoms with Gasteiger partial charge in [0.25, 0.3) is 0 Å². The third kappa shape index (κ3) is 13.5. The van der Waals surface area contributed by atoms with Gasteiger partial charge in [-0.15, -0.1) is 11.8 Å². The van der Waals surface area contributed by atoms with Gasteiger partial charge in [-0.2, -0.15) is 11.8 Å². The van der Waals surface area contributed by atoms with Gasteiger partial charge in [-0.25, -0.2) is 0 Å². The first kappa shape index (κ1) is 19.1. The summed E-state index contributed by atoms with van der Waals surface area (Å²) in [5.41, 5.74) is 0. The van der Waals surface area contributed by atoms with E-state index in [1.54, 1.807) is 0 Å². The summed E-state index contributed by atoms with van der Waals surface area (Å²) in [6.07, 6.45) is 2.96. The van der Waals surface area contributed by atoms with Gasteiger partial charge in [0.1, 0.15) is 0 Å². The monoisotopic (exact) mass is 324 g/mol. The van der Waals surface area contributed by atoms with Crippen molar-refractivity contribution in [1.29, 1.82) is 0 Å². The maximum atomic E-state index is 10.6. The van der Waals surface area contributed by atoms with E-state index in [1.165, 1.54) is 23.5 Å². The first-order valence-corrected chi connectivity index (χ1v) is 8.47. The van der Waals surface area contributed by atoms with Gasteiger partial charge < -0.3 is 15.3 Å². The number of unbranched alkanes of at least 4 members (excludes halogenated alkanes) is 1. The van der Waals surface area contributed by atoms with Crippen molar-refractivity contribution in [2.75, 3.05) is 17.3 Å². The maximum Gasteiger partial charge on any atom is 0.313 e. The van der Waals surface area contributed by atoms with Gasteiger partial charge in [0, 0.05) is 11.7 Å². The van der Waals surface area contributed by atoms with Crippen LogP contribution in [0.5, 0.6) is 0 Å². The largest absolute Gasteiger partial charge is 0.481 e. The molecule has 6 nitrogen and oxygen atoms in total. The van der Waals surface area contributed by atoms with Crippen molar-refractivity contribution >= 4 is 41.4 Å². The molecule has 116 valence electrons. The van der Waals surface area contributed by atoms with E-state index in [0.29, 0.717) is 12.2 Å². The third-order valence-electron chi connectivity index (χ3n) is 2.42. The van der Waals surface area contributed by atoms with Crippen LogP contribution in [0, 0.1) is 0 Å². The second-order valence-electron chi connectivity index (χ2n) is 4.20. The highest BCUT2D eigenvalue weighted by Crippen LogP contribution is 2.23. The normalized spacial score (nSPS) is 12.0. The van der Waals surface area contributed by atoms with Gasteiger partial charge in [-0.3, -0.25) is 14.4 Å². The molecule has 0 heterocycles. The van der Waals surface area contributed by atoms with Gasteiger partial charge in [-0.1, -0.05) is 6.42 Å². The van der Waals surface area contributed by atoms with Gasteiger partial charge in [-0.05, 0) is 25.0 Å². The molecule has 0 saturated heterocycles. The summed E-state index contributed by atoms with van der Waals surface area (Å²) in [6, 6.07) is 0. The SMILES string of the molecule is O=C(O)CCCCC(CCSCC(=O)O)SCC(=O)O. The van der Waals surface area contributed by atoms with Crippen LogP contribution in [-0.2, 0) is 14.4 Å². The Morgan fingerprint density at radius 3 is 2.05 bits per heavy atom. The van der Waals surface area contributed by atoms with E-state index in [-0.39, 0.29) is 23.2 Å². The minimum Gasteiger partial charge on any atom is -0.481 e. The molecule has 0 aromatic carbocycles. The summed E-state index contributed by atoms with van der Waals surface area (Å²) >= 11 is 2.65. The number of carboxylic acids is 3. The van der Waals surface area contributed by atoms with Crippen LogP contribution >= 0.6 is 23.5 Å². The summed E-state index contributed by atoms with van der Waals surface area (Å²) in [5.74, 6) is -1.81. The average molecular weight is 324 g/mol. The van der Waals surface area contributed by atoms with Crippen molar-refractivity contribution in [3.63, 3.8) is 0 Å². The standard InChI is InChI=1S/C12H20O6S2/c13-10(14)4-2-1-3-9(20-8-12(17)18)5-6-19-7-11(15)16/h9H,1-8H2,(H,13,14)(H,15,16)(H,17,18). The van der Waals surface area contributed by atoms with Gasteiger partial charge >= 0.3 is 17.9 Å².